The summed E-state index contributed by atoms with van der Waals surface area (Å²) in [4.78, 5) is 22.5. The van der Waals surface area contributed by atoms with Gasteiger partial charge in [0.25, 0.3) is 5.91 Å². The first-order valence-corrected chi connectivity index (χ1v) is 5.96. The van der Waals surface area contributed by atoms with Crippen LogP contribution in [0.3, 0.4) is 0 Å². The highest BCUT2D eigenvalue weighted by Crippen LogP contribution is 2.14. The lowest BCUT2D eigenvalue weighted by molar-refractivity contribution is -0.136. The number of nitrogens with one attached hydrogen (secondary N) is 3. The van der Waals surface area contributed by atoms with Gasteiger partial charge in [0.05, 0.1) is 6.10 Å². The molecule has 0 aromatic heterocycles. The number of piperidine rings is 1. The minimum absolute atomic E-state index is 0.0224. The van der Waals surface area contributed by atoms with Crippen LogP contribution in [-0.2, 0) is 9.53 Å². The number of urea groups is 1. The lowest BCUT2D eigenvalue weighted by Gasteiger charge is -2.31. The molecule has 98 valence electrons. The Morgan fingerprint density at radius 2 is 2.18 bits per heavy atom. The number of amides is 3. The first kappa shape index (κ1) is 13.9. The molecule has 17 heavy (non-hydrogen) atoms. The molecule has 0 bridgehead atoms. The highest BCUT2D eigenvalue weighted by molar-refractivity contribution is 5.96. The molecule has 0 aliphatic carbocycles. The van der Waals surface area contributed by atoms with Gasteiger partial charge in [0.1, 0.15) is 6.10 Å². The monoisotopic (exact) mass is 243 g/mol. The molecule has 1 aliphatic rings. The first-order valence-electron chi connectivity index (χ1n) is 5.96. The van der Waals surface area contributed by atoms with Crippen molar-refractivity contribution in [2.75, 3.05) is 13.6 Å². The maximum atomic E-state index is 11.6. The van der Waals surface area contributed by atoms with E-state index in [2.05, 4.69) is 16.0 Å². The highest BCUT2D eigenvalue weighted by Gasteiger charge is 2.26. The second-order valence-corrected chi connectivity index (χ2v) is 4.27. The Kier molecular flexibility index (Phi) is 5.37. The van der Waals surface area contributed by atoms with Crippen molar-refractivity contribution in [3.63, 3.8) is 0 Å². The van der Waals surface area contributed by atoms with Crippen LogP contribution in [0.4, 0.5) is 4.79 Å². The number of rotatable bonds is 3. The fourth-order valence-corrected chi connectivity index (χ4v) is 1.80. The van der Waals surface area contributed by atoms with Crippen LogP contribution in [0.15, 0.2) is 0 Å². The molecular weight excluding hydrogens is 222 g/mol. The Hall–Kier alpha value is -1.14. The normalized spacial score (nSPS) is 26.1. The van der Waals surface area contributed by atoms with Crippen molar-refractivity contribution in [2.45, 2.75) is 44.9 Å². The van der Waals surface area contributed by atoms with Gasteiger partial charge < -0.3 is 15.4 Å². The minimum Gasteiger partial charge on any atom is -0.364 e. The molecular formula is C11H21N3O3. The van der Waals surface area contributed by atoms with Crippen molar-refractivity contribution in [2.24, 2.45) is 0 Å². The van der Waals surface area contributed by atoms with Crippen LogP contribution in [0.5, 0.6) is 0 Å². The van der Waals surface area contributed by atoms with Gasteiger partial charge in [0.2, 0.25) is 0 Å². The van der Waals surface area contributed by atoms with E-state index >= 15 is 0 Å². The summed E-state index contributed by atoms with van der Waals surface area (Å²) in [6.07, 6.45) is 1.37. The largest absolute Gasteiger partial charge is 0.364 e. The van der Waals surface area contributed by atoms with E-state index in [0.29, 0.717) is 0 Å². The standard InChI is InChI=1S/C11H21N3O3/c1-7-9(5-4-6-13-7)17-8(2)10(15)14-11(16)12-3/h7-9,13H,4-6H2,1-3H3,(H2,12,14,15,16). The van der Waals surface area contributed by atoms with Gasteiger partial charge in [-0.2, -0.15) is 0 Å². The van der Waals surface area contributed by atoms with Crippen LogP contribution in [0.1, 0.15) is 26.7 Å². The molecule has 6 nitrogen and oxygen atoms in total. The van der Waals surface area contributed by atoms with Crippen LogP contribution < -0.4 is 16.0 Å². The zero-order chi connectivity index (χ0) is 12.8. The molecule has 0 aromatic carbocycles. The fourth-order valence-electron chi connectivity index (χ4n) is 1.80. The maximum absolute atomic E-state index is 11.6. The summed E-state index contributed by atoms with van der Waals surface area (Å²) in [7, 11) is 1.46. The third kappa shape index (κ3) is 4.32. The molecule has 3 N–H and O–H groups in total. The van der Waals surface area contributed by atoms with Crippen molar-refractivity contribution >= 4 is 11.9 Å². The van der Waals surface area contributed by atoms with Gasteiger partial charge in [-0.1, -0.05) is 0 Å². The molecule has 6 heteroatoms. The Labute approximate surface area is 101 Å². The molecule has 3 amide bonds. The van der Waals surface area contributed by atoms with Crippen LogP contribution in [0, 0.1) is 0 Å². The van der Waals surface area contributed by atoms with Gasteiger partial charge >= 0.3 is 6.03 Å². The minimum atomic E-state index is -0.625. The summed E-state index contributed by atoms with van der Waals surface area (Å²) in [5, 5.41) is 7.82. The van der Waals surface area contributed by atoms with Crippen molar-refractivity contribution in [3.8, 4) is 0 Å². The number of ether oxygens (including phenoxy) is 1. The molecule has 0 saturated carbocycles. The van der Waals surface area contributed by atoms with Crippen LogP contribution in [-0.4, -0.2) is 43.8 Å². The molecule has 3 unspecified atom stereocenters. The Morgan fingerprint density at radius 1 is 1.47 bits per heavy atom. The Balaban J connectivity index is 2.39. The van der Waals surface area contributed by atoms with E-state index in [4.69, 9.17) is 4.74 Å². The predicted molar refractivity (Wildman–Crippen MR) is 63.6 cm³/mol. The zero-order valence-electron chi connectivity index (χ0n) is 10.6. The van der Waals surface area contributed by atoms with Crippen LogP contribution >= 0.6 is 0 Å². The first-order chi connectivity index (χ1) is 8.04. The van der Waals surface area contributed by atoms with Crippen LogP contribution in [0.2, 0.25) is 0 Å². The van der Waals surface area contributed by atoms with Gasteiger partial charge in [-0.05, 0) is 33.2 Å². The van der Waals surface area contributed by atoms with Crippen molar-refractivity contribution in [3.05, 3.63) is 0 Å². The molecule has 1 aliphatic heterocycles. The summed E-state index contributed by atoms with van der Waals surface area (Å²) in [6, 6.07) is -0.278. The molecule has 1 fully saturated rings. The third-order valence-electron chi connectivity index (χ3n) is 2.90. The summed E-state index contributed by atoms with van der Waals surface area (Å²) in [5.41, 5.74) is 0. The van der Waals surface area contributed by atoms with E-state index in [1.807, 2.05) is 6.92 Å². The summed E-state index contributed by atoms with van der Waals surface area (Å²) in [5.74, 6) is -0.415. The van der Waals surface area contributed by atoms with Gasteiger partial charge in [0.15, 0.2) is 0 Å². The van der Waals surface area contributed by atoms with Crippen molar-refractivity contribution < 1.29 is 14.3 Å². The summed E-state index contributed by atoms with van der Waals surface area (Å²) in [6.45, 7) is 4.67. The third-order valence-corrected chi connectivity index (χ3v) is 2.90. The van der Waals surface area contributed by atoms with Gasteiger partial charge in [-0.3, -0.25) is 10.1 Å². The molecule has 0 aromatic rings. The van der Waals surface area contributed by atoms with Gasteiger partial charge in [-0.15, -0.1) is 0 Å². The molecule has 0 radical (unpaired) electrons. The lowest BCUT2D eigenvalue weighted by atomic mass is 10.0. The maximum Gasteiger partial charge on any atom is 0.321 e. The second-order valence-electron chi connectivity index (χ2n) is 4.27. The second kappa shape index (κ2) is 6.56. The average molecular weight is 243 g/mol. The lowest BCUT2D eigenvalue weighted by Crippen LogP contribution is -2.49. The van der Waals surface area contributed by atoms with E-state index in [-0.39, 0.29) is 12.1 Å². The van der Waals surface area contributed by atoms with E-state index in [1.165, 1.54) is 7.05 Å². The molecule has 1 rings (SSSR count). The molecule has 1 heterocycles. The Morgan fingerprint density at radius 3 is 2.76 bits per heavy atom. The number of imide groups is 1. The SMILES string of the molecule is CNC(=O)NC(=O)C(C)OC1CCCNC1C. The van der Waals surface area contributed by atoms with Crippen molar-refractivity contribution in [1.82, 2.24) is 16.0 Å². The Bertz CT molecular complexity index is 283. The quantitative estimate of drug-likeness (QED) is 0.651. The van der Waals surface area contributed by atoms with Crippen molar-refractivity contribution in [1.29, 1.82) is 0 Å². The van der Waals surface area contributed by atoms with Gasteiger partial charge in [0, 0.05) is 13.1 Å². The summed E-state index contributed by atoms with van der Waals surface area (Å²) < 4.78 is 5.66. The number of hydrogen-bond acceptors (Lipinski definition) is 4. The topological polar surface area (TPSA) is 79.5 Å². The fraction of sp³-hybridized carbons (Fsp3) is 0.818. The molecule has 3 atom stereocenters. The average Bonchev–Trinajstić information content (AvgIpc) is 2.31. The van der Waals surface area contributed by atoms with E-state index < -0.39 is 18.0 Å². The summed E-state index contributed by atoms with van der Waals surface area (Å²) >= 11 is 0. The smallest absolute Gasteiger partial charge is 0.321 e. The predicted octanol–water partition coefficient (Wildman–Crippen LogP) is -0.0124. The van der Waals surface area contributed by atoms with E-state index in [9.17, 15) is 9.59 Å². The highest BCUT2D eigenvalue weighted by atomic mass is 16.5. The number of carbonyl (C=O) groups is 2. The number of carbonyl (C=O) groups excluding carboxylic acids is 2. The molecule has 1 saturated heterocycles. The van der Waals surface area contributed by atoms with Crippen LogP contribution in [0.25, 0.3) is 0 Å². The van der Waals surface area contributed by atoms with E-state index in [0.717, 1.165) is 19.4 Å². The zero-order valence-corrected chi connectivity index (χ0v) is 10.6. The molecule has 0 spiro atoms. The van der Waals surface area contributed by atoms with E-state index in [1.54, 1.807) is 6.92 Å². The van der Waals surface area contributed by atoms with Gasteiger partial charge in [-0.25, -0.2) is 4.79 Å². The number of hydrogen-bond donors (Lipinski definition) is 3.